The highest BCUT2D eigenvalue weighted by Gasteiger charge is 2.34. The molecule has 1 atom stereocenters. The fourth-order valence-corrected chi connectivity index (χ4v) is 3.52. The molecule has 1 aliphatic rings. The second kappa shape index (κ2) is 5.31. The van der Waals surface area contributed by atoms with Gasteiger partial charge in [-0.05, 0) is 19.4 Å². The van der Waals surface area contributed by atoms with E-state index in [-0.39, 0.29) is 11.5 Å². The molecule has 1 fully saturated rings. The Hall–Kier alpha value is -1.37. The average molecular weight is 261 g/mol. The van der Waals surface area contributed by atoms with E-state index in [1.807, 2.05) is 0 Å². The van der Waals surface area contributed by atoms with Crippen LogP contribution in [0.1, 0.15) is 13.3 Å². The Kier molecular flexibility index (Phi) is 4.28. The van der Waals surface area contributed by atoms with Crippen molar-refractivity contribution < 1.29 is 23.1 Å². The maximum absolute atomic E-state index is 11.7. The van der Waals surface area contributed by atoms with Gasteiger partial charge in [-0.15, -0.1) is 0 Å². The summed E-state index contributed by atoms with van der Waals surface area (Å²) in [6.45, 7) is 1.17. The smallest absolute Gasteiger partial charge is 0.323 e. The van der Waals surface area contributed by atoms with Crippen molar-refractivity contribution in [2.75, 3.05) is 18.1 Å². The van der Waals surface area contributed by atoms with Crippen molar-refractivity contribution in [1.29, 1.82) is 0 Å². The number of carboxylic acids is 1. The predicted molar refractivity (Wildman–Crippen MR) is 61.2 cm³/mol. The molecule has 0 aromatic carbocycles. The minimum absolute atomic E-state index is 0.0108. The Morgan fingerprint density at radius 2 is 2.12 bits per heavy atom. The second-order valence-electron chi connectivity index (χ2n) is 3.92. The van der Waals surface area contributed by atoms with Crippen LogP contribution in [0.4, 0.5) is 0 Å². The van der Waals surface area contributed by atoms with Gasteiger partial charge in [-0.25, -0.2) is 8.42 Å². The molecular formula is C10H15NO5S. The molecule has 6 nitrogen and oxygen atoms in total. The lowest BCUT2D eigenvalue weighted by Crippen LogP contribution is -2.43. The molecule has 0 aliphatic carbocycles. The van der Waals surface area contributed by atoms with Gasteiger partial charge >= 0.3 is 5.97 Å². The van der Waals surface area contributed by atoms with Crippen molar-refractivity contribution in [2.24, 2.45) is 0 Å². The van der Waals surface area contributed by atoms with Crippen LogP contribution in [0.15, 0.2) is 12.2 Å². The average Bonchev–Trinajstić information content (AvgIpc) is 2.55. The largest absolute Gasteiger partial charge is 0.480 e. The van der Waals surface area contributed by atoms with E-state index in [4.69, 9.17) is 5.11 Å². The number of carboxylic acid groups (broad SMARTS) is 1. The van der Waals surface area contributed by atoms with Crippen LogP contribution in [0.3, 0.4) is 0 Å². The van der Waals surface area contributed by atoms with Crippen molar-refractivity contribution in [2.45, 2.75) is 19.4 Å². The molecule has 1 heterocycles. The Morgan fingerprint density at radius 3 is 2.53 bits per heavy atom. The van der Waals surface area contributed by atoms with Crippen LogP contribution in [-0.2, 0) is 19.4 Å². The molecule has 0 spiro atoms. The van der Waals surface area contributed by atoms with Gasteiger partial charge in [0.1, 0.15) is 6.54 Å². The van der Waals surface area contributed by atoms with Crippen LogP contribution < -0.4 is 0 Å². The van der Waals surface area contributed by atoms with Gasteiger partial charge in [0.05, 0.1) is 11.5 Å². The topological polar surface area (TPSA) is 91.8 Å². The molecule has 1 amide bonds. The zero-order valence-corrected chi connectivity index (χ0v) is 10.3. The van der Waals surface area contributed by atoms with E-state index in [2.05, 4.69) is 0 Å². The Bertz CT molecular complexity index is 440. The first-order chi connectivity index (χ1) is 7.85. The van der Waals surface area contributed by atoms with Gasteiger partial charge in [0.25, 0.3) is 0 Å². The van der Waals surface area contributed by atoms with Crippen LogP contribution in [0.5, 0.6) is 0 Å². The third-order valence-corrected chi connectivity index (χ3v) is 4.30. The van der Waals surface area contributed by atoms with Gasteiger partial charge in [-0.1, -0.05) is 6.08 Å². The number of sulfone groups is 1. The summed E-state index contributed by atoms with van der Waals surface area (Å²) in [6.07, 6.45) is 3.05. The zero-order chi connectivity index (χ0) is 13.1. The van der Waals surface area contributed by atoms with Crippen LogP contribution in [0, 0.1) is 0 Å². The van der Waals surface area contributed by atoms with Crippen molar-refractivity contribution in [3.05, 3.63) is 12.2 Å². The number of hydrogen-bond acceptors (Lipinski definition) is 4. The molecule has 0 radical (unpaired) electrons. The number of carbonyl (C=O) groups excluding carboxylic acids is 1. The number of nitrogens with zero attached hydrogens (tertiary/aromatic N) is 1. The number of allylic oxidation sites excluding steroid dienone is 1. The molecule has 1 unspecified atom stereocenters. The summed E-state index contributed by atoms with van der Waals surface area (Å²) in [5, 5.41) is 8.72. The van der Waals surface area contributed by atoms with E-state index < -0.39 is 34.3 Å². The van der Waals surface area contributed by atoms with E-state index in [0.29, 0.717) is 6.42 Å². The maximum atomic E-state index is 11.7. The fraction of sp³-hybridized carbons (Fsp3) is 0.600. The van der Waals surface area contributed by atoms with Crippen LogP contribution in [-0.4, -0.2) is 54.4 Å². The summed E-state index contributed by atoms with van der Waals surface area (Å²) < 4.78 is 22.6. The zero-order valence-electron chi connectivity index (χ0n) is 9.50. The molecule has 1 aliphatic heterocycles. The van der Waals surface area contributed by atoms with Crippen molar-refractivity contribution in [3.63, 3.8) is 0 Å². The van der Waals surface area contributed by atoms with E-state index >= 15 is 0 Å². The predicted octanol–water partition coefficient (Wildman–Crippen LogP) is -0.337. The third-order valence-electron chi connectivity index (χ3n) is 2.55. The van der Waals surface area contributed by atoms with Crippen molar-refractivity contribution >= 4 is 21.7 Å². The summed E-state index contributed by atoms with van der Waals surface area (Å²) in [5.74, 6) is -1.75. The highest BCUT2D eigenvalue weighted by atomic mass is 32.2. The van der Waals surface area contributed by atoms with Gasteiger partial charge < -0.3 is 10.0 Å². The van der Waals surface area contributed by atoms with E-state index in [1.165, 1.54) is 12.2 Å². The van der Waals surface area contributed by atoms with Gasteiger partial charge in [-0.3, -0.25) is 9.59 Å². The molecule has 0 saturated carbocycles. The molecule has 0 bridgehead atoms. The quantitative estimate of drug-likeness (QED) is 0.699. The molecule has 1 rings (SSSR count). The summed E-state index contributed by atoms with van der Waals surface area (Å²) in [7, 11) is -3.14. The summed E-state index contributed by atoms with van der Waals surface area (Å²) in [4.78, 5) is 23.4. The first kappa shape index (κ1) is 13.7. The lowest BCUT2D eigenvalue weighted by Gasteiger charge is -2.25. The first-order valence-corrected chi connectivity index (χ1v) is 7.03. The normalized spacial score (nSPS) is 22.8. The molecule has 7 heteroatoms. The highest BCUT2D eigenvalue weighted by Crippen LogP contribution is 2.18. The fourth-order valence-electron chi connectivity index (χ4n) is 1.79. The highest BCUT2D eigenvalue weighted by molar-refractivity contribution is 7.91. The standard InChI is InChI=1S/C10H15NO5S/c1-2-3-9(12)11(6-10(13)14)8-4-5-17(15,16)7-8/h2-3,8H,4-7H2,1H3,(H,13,14)/b3-2+. The lowest BCUT2D eigenvalue weighted by molar-refractivity contribution is -0.143. The summed E-state index contributed by atoms with van der Waals surface area (Å²) >= 11 is 0. The van der Waals surface area contributed by atoms with E-state index in [0.717, 1.165) is 4.90 Å². The molecule has 0 aromatic heterocycles. The molecular weight excluding hydrogens is 246 g/mol. The molecule has 0 aromatic rings. The van der Waals surface area contributed by atoms with Crippen molar-refractivity contribution in [1.82, 2.24) is 4.90 Å². The molecule has 96 valence electrons. The maximum Gasteiger partial charge on any atom is 0.323 e. The Labute approximate surface area is 99.8 Å². The van der Waals surface area contributed by atoms with Gasteiger partial charge in [0.15, 0.2) is 9.84 Å². The summed E-state index contributed by atoms with van der Waals surface area (Å²) in [5.41, 5.74) is 0. The minimum Gasteiger partial charge on any atom is -0.480 e. The Morgan fingerprint density at radius 1 is 1.47 bits per heavy atom. The lowest BCUT2D eigenvalue weighted by atomic mass is 10.2. The van der Waals surface area contributed by atoms with Crippen LogP contribution in [0.2, 0.25) is 0 Å². The molecule has 17 heavy (non-hydrogen) atoms. The van der Waals surface area contributed by atoms with Crippen molar-refractivity contribution in [3.8, 4) is 0 Å². The van der Waals surface area contributed by atoms with E-state index in [9.17, 15) is 18.0 Å². The third kappa shape index (κ3) is 3.85. The number of rotatable bonds is 4. The summed E-state index contributed by atoms with van der Waals surface area (Å²) in [6, 6.07) is -0.528. The van der Waals surface area contributed by atoms with Crippen LogP contribution in [0.25, 0.3) is 0 Å². The second-order valence-corrected chi connectivity index (χ2v) is 6.15. The van der Waals surface area contributed by atoms with E-state index in [1.54, 1.807) is 6.92 Å². The Balaban J connectivity index is 2.84. The monoisotopic (exact) mass is 261 g/mol. The number of carbonyl (C=O) groups is 2. The molecule has 1 N–H and O–H groups in total. The van der Waals surface area contributed by atoms with Crippen LogP contribution >= 0.6 is 0 Å². The van der Waals surface area contributed by atoms with Gasteiger partial charge in [-0.2, -0.15) is 0 Å². The van der Waals surface area contributed by atoms with Gasteiger partial charge in [0.2, 0.25) is 5.91 Å². The van der Waals surface area contributed by atoms with Gasteiger partial charge in [0, 0.05) is 6.04 Å². The number of hydrogen-bond donors (Lipinski definition) is 1. The SMILES string of the molecule is C/C=C/C(=O)N(CC(=O)O)C1CCS(=O)(=O)C1. The molecule has 1 saturated heterocycles. The first-order valence-electron chi connectivity index (χ1n) is 5.21. The minimum atomic E-state index is -3.14. The number of aliphatic carboxylic acids is 1. The number of amides is 1.